The van der Waals surface area contributed by atoms with Crippen LogP contribution in [0.1, 0.15) is 27.2 Å². The average Bonchev–Trinajstić information content (AvgIpc) is 3.33. The number of carbonyl (C=O) groups excluding carboxylic acids is 1. The van der Waals surface area contributed by atoms with E-state index in [1.165, 1.54) is 0 Å². The van der Waals surface area contributed by atoms with Gasteiger partial charge in [-0.15, -0.1) is 0 Å². The van der Waals surface area contributed by atoms with Crippen molar-refractivity contribution in [3.8, 4) is 17.5 Å². The summed E-state index contributed by atoms with van der Waals surface area (Å²) in [6.07, 6.45) is 6.81. The highest BCUT2D eigenvalue weighted by molar-refractivity contribution is 5.69. The summed E-state index contributed by atoms with van der Waals surface area (Å²) in [5.74, 6) is 0.427. The fourth-order valence-corrected chi connectivity index (χ4v) is 3.51. The van der Waals surface area contributed by atoms with Gasteiger partial charge in [0.25, 0.3) is 0 Å². The van der Waals surface area contributed by atoms with Crippen molar-refractivity contribution in [2.75, 3.05) is 18.4 Å². The molecule has 3 aromatic heterocycles. The van der Waals surface area contributed by atoms with Crippen LogP contribution in [-0.2, 0) is 17.3 Å². The van der Waals surface area contributed by atoms with E-state index in [4.69, 9.17) is 4.74 Å². The van der Waals surface area contributed by atoms with Crippen LogP contribution in [0.2, 0.25) is 0 Å². The Balaban J connectivity index is 1.51. The summed E-state index contributed by atoms with van der Waals surface area (Å²) in [5.41, 5.74) is 0.904. The van der Waals surface area contributed by atoms with E-state index < -0.39 is 11.1 Å². The summed E-state index contributed by atoms with van der Waals surface area (Å²) >= 11 is 0. The van der Waals surface area contributed by atoms with Gasteiger partial charge in [0.1, 0.15) is 16.8 Å². The van der Waals surface area contributed by atoms with Gasteiger partial charge in [0, 0.05) is 25.6 Å². The van der Waals surface area contributed by atoms with E-state index in [1.54, 1.807) is 32.7 Å². The molecule has 0 bridgehead atoms. The molecule has 4 rings (SSSR count). The summed E-state index contributed by atoms with van der Waals surface area (Å²) in [7, 11) is 1.83. The molecule has 0 atom stereocenters. The molecule has 1 aliphatic heterocycles. The minimum atomic E-state index is -0.590. The molecular weight excluding hydrogens is 410 g/mol. The molecule has 0 unspecified atom stereocenters. The number of nitriles is 1. The van der Waals surface area contributed by atoms with Gasteiger partial charge in [-0.05, 0) is 32.9 Å². The minimum absolute atomic E-state index is 0.227. The number of hydrogen-bond donors (Lipinski definition) is 1. The monoisotopic (exact) mass is 435 g/mol. The van der Waals surface area contributed by atoms with Crippen LogP contribution in [0.5, 0.6) is 0 Å². The molecule has 3 aromatic rings. The normalized spacial score (nSPS) is 15.0. The number of carbonyl (C=O) groups is 1. The molecule has 11 nitrogen and oxygen atoms in total. The number of ether oxygens (including phenoxy) is 1. The average molecular weight is 435 g/mol. The standard InChI is InChI=1S/C21H25N9O2/c1-20(2,3)32-19(31)29-13-21(14-29,7-8-22)30-10-6-17(27-30)16-5-9-23-18(26-16)25-15-11-24-28(4)12-15/h5-6,9-12H,7,13-14H2,1-4H3,(H,23,25,26). The van der Waals surface area contributed by atoms with Crippen LogP contribution in [0.25, 0.3) is 11.4 Å². The van der Waals surface area contributed by atoms with Gasteiger partial charge in [-0.25, -0.2) is 14.8 Å². The lowest BCUT2D eigenvalue weighted by molar-refractivity contribution is -0.0313. The number of nitrogens with zero attached hydrogens (tertiary/aromatic N) is 8. The number of nitrogens with one attached hydrogen (secondary N) is 1. The molecule has 1 amide bonds. The molecule has 0 aromatic carbocycles. The second-order valence-electron chi connectivity index (χ2n) is 8.83. The van der Waals surface area contributed by atoms with Crippen LogP contribution in [0.4, 0.5) is 16.4 Å². The van der Waals surface area contributed by atoms with Crippen LogP contribution >= 0.6 is 0 Å². The summed E-state index contributed by atoms with van der Waals surface area (Å²) in [4.78, 5) is 22.7. The second kappa shape index (κ2) is 7.96. The fourth-order valence-electron chi connectivity index (χ4n) is 3.51. The van der Waals surface area contributed by atoms with Crippen molar-refractivity contribution in [3.63, 3.8) is 0 Å². The third-order valence-electron chi connectivity index (χ3n) is 4.98. The van der Waals surface area contributed by atoms with Crippen LogP contribution in [-0.4, -0.2) is 59.2 Å². The number of likely N-dealkylation sites (tertiary alicyclic amines) is 1. The number of amides is 1. The van der Waals surface area contributed by atoms with E-state index in [9.17, 15) is 10.1 Å². The maximum absolute atomic E-state index is 12.3. The Labute approximate surface area is 185 Å². The first-order valence-corrected chi connectivity index (χ1v) is 10.2. The zero-order chi connectivity index (χ0) is 22.9. The van der Waals surface area contributed by atoms with Crippen molar-refractivity contribution in [2.45, 2.75) is 38.3 Å². The zero-order valence-electron chi connectivity index (χ0n) is 18.5. The van der Waals surface area contributed by atoms with Gasteiger partial charge in [0.2, 0.25) is 5.95 Å². The van der Waals surface area contributed by atoms with Gasteiger partial charge >= 0.3 is 6.09 Å². The molecule has 1 aliphatic rings. The number of aromatic nitrogens is 6. The Bertz CT molecular complexity index is 1160. The first kappa shape index (κ1) is 21.3. The van der Waals surface area contributed by atoms with E-state index in [0.717, 1.165) is 5.69 Å². The molecule has 4 heterocycles. The van der Waals surface area contributed by atoms with Gasteiger partial charge in [-0.2, -0.15) is 15.5 Å². The van der Waals surface area contributed by atoms with Crippen molar-refractivity contribution in [1.29, 1.82) is 5.26 Å². The lowest BCUT2D eigenvalue weighted by Crippen LogP contribution is -2.64. The predicted molar refractivity (Wildman–Crippen MR) is 116 cm³/mol. The summed E-state index contributed by atoms with van der Waals surface area (Å²) in [6, 6.07) is 5.83. The molecule has 0 radical (unpaired) electrons. The molecule has 0 saturated carbocycles. The molecule has 0 aliphatic carbocycles. The van der Waals surface area contributed by atoms with Crippen LogP contribution < -0.4 is 5.32 Å². The first-order chi connectivity index (χ1) is 15.2. The summed E-state index contributed by atoms with van der Waals surface area (Å²) < 4.78 is 8.87. The molecule has 166 valence electrons. The van der Waals surface area contributed by atoms with Crippen molar-refractivity contribution in [1.82, 2.24) is 34.4 Å². The number of anilines is 2. The Morgan fingerprint density at radius 2 is 2.09 bits per heavy atom. The van der Waals surface area contributed by atoms with Gasteiger partial charge in [-0.3, -0.25) is 9.36 Å². The van der Waals surface area contributed by atoms with E-state index in [0.29, 0.717) is 30.4 Å². The lowest BCUT2D eigenvalue weighted by Gasteiger charge is -2.48. The van der Waals surface area contributed by atoms with E-state index >= 15 is 0 Å². The molecule has 1 N–H and O–H groups in total. The summed E-state index contributed by atoms with van der Waals surface area (Å²) in [6.45, 7) is 6.19. The van der Waals surface area contributed by atoms with Crippen molar-refractivity contribution < 1.29 is 9.53 Å². The maximum atomic E-state index is 12.3. The Morgan fingerprint density at radius 1 is 1.31 bits per heavy atom. The highest BCUT2D eigenvalue weighted by Gasteiger charge is 2.48. The van der Waals surface area contributed by atoms with Crippen LogP contribution in [0, 0.1) is 11.3 Å². The summed E-state index contributed by atoms with van der Waals surface area (Å²) in [5, 5.41) is 21.3. The van der Waals surface area contributed by atoms with Crippen molar-refractivity contribution in [3.05, 3.63) is 36.9 Å². The Morgan fingerprint density at radius 3 is 2.75 bits per heavy atom. The SMILES string of the molecule is Cn1cc(Nc2nccc(-c3ccn(C4(CC#N)CN(C(=O)OC(C)(C)C)C4)n3)n2)cn1. The Kier molecular flexibility index (Phi) is 5.30. The topological polar surface area (TPSA) is 127 Å². The maximum Gasteiger partial charge on any atom is 0.410 e. The molecular formula is C21H25N9O2. The van der Waals surface area contributed by atoms with E-state index in [1.807, 2.05) is 46.3 Å². The zero-order valence-corrected chi connectivity index (χ0v) is 18.5. The van der Waals surface area contributed by atoms with Gasteiger partial charge in [0.05, 0.1) is 43.2 Å². The fraction of sp³-hybridized carbons (Fsp3) is 0.429. The number of rotatable bonds is 5. The van der Waals surface area contributed by atoms with Crippen LogP contribution in [0.15, 0.2) is 36.9 Å². The molecule has 32 heavy (non-hydrogen) atoms. The highest BCUT2D eigenvalue weighted by atomic mass is 16.6. The van der Waals surface area contributed by atoms with Gasteiger partial charge < -0.3 is 15.0 Å². The lowest BCUT2D eigenvalue weighted by atomic mass is 9.87. The smallest absolute Gasteiger partial charge is 0.410 e. The molecule has 1 saturated heterocycles. The molecule has 11 heteroatoms. The van der Waals surface area contributed by atoms with E-state index in [-0.39, 0.29) is 12.5 Å². The third kappa shape index (κ3) is 4.39. The second-order valence-corrected chi connectivity index (χ2v) is 8.83. The molecule has 1 fully saturated rings. The van der Waals surface area contributed by atoms with Crippen molar-refractivity contribution >= 4 is 17.7 Å². The van der Waals surface area contributed by atoms with Gasteiger partial charge in [-0.1, -0.05) is 0 Å². The highest BCUT2D eigenvalue weighted by Crippen LogP contribution is 2.34. The van der Waals surface area contributed by atoms with E-state index in [2.05, 4.69) is 31.6 Å². The van der Waals surface area contributed by atoms with Crippen molar-refractivity contribution in [2.24, 2.45) is 7.05 Å². The van der Waals surface area contributed by atoms with Gasteiger partial charge in [0.15, 0.2) is 0 Å². The third-order valence-corrected chi connectivity index (χ3v) is 4.98. The number of aryl methyl sites for hydroxylation is 1. The number of hydrogen-bond acceptors (Lipinski definition) is 8. The predicted octanol–water partition coefficient (Wildman–Crippen LogP) is 2.68. The first-order valence-electron chi connectivity index (χ1n) is 10.2. The van der Waals surface area contributed by atoms with Crippen LogP contribution in [0.3, 0.4) is 0 Å². The minimum Gasteiger partial charge on any atom is -0.444 e. The quantitative estimate of drug-likeness (QED) is 0.648. The molecule has 0 spiro atoms. The Hall–Kier alpha value is -3.94. The largest absolute Gasteiger partial charge is 0.444 e.